The number of imidazole rings is 1. The Kier molecular flexibility index (Phi) is 4.41. The van der Waals surface area contributed by atoms with Gasteiger partial charge in [0.05, 0.1) is 16.7 Å². The van der Waals surface area contributed by atoms with E-state index < -0.39 is 5.60 Å². The summed E-state index contributed by atoms with van der Waals surface area (Å²) in [4.78, 5) is 8.46. The summed E-state index contributed by atoms with van der Waals surface area (Å²) in [5.41, 5.74) is 4.41. The molecule has 1 aliphatic carbocycles. The molecule has 5 aromatic rings. The highest BCUT2D eigenvalue weighted by molar-refractivity contribution is 5.88. The number of hydrogen-bond acceptors (Lipinski definition) is 6. The van der Waals surface area contributed by atoms with Crippen molar-refractivity contribution in [3.63, 3.8) is 0 Å². The lowest BCUT2D eigenvalue weighted by molar-refractivity contribution is 0.121. The maximum atomic E-state index is 12.5. The number of aliphatic hydroxyl groups is 1. The van der Waals surface area contributed by atoms with Gasteiger partial charge in [-0.1, -0.05) is 35.5 Å². The summed E-state index contributed by atoms with van der Waals surface area (Å²) in [6.07, 6.45) is 3.85. The topological polar surface area (TPSA) is 101 Å². The third-order valence-electron chi connectivity index (χ3n) is 6.42. The summed E-state index contributed by atoms with van der Waals surface area (Å²) < 4.78 is 5.45. The lowest BCUT2D eigenvalue weighted by atomic mass is 9.81. The molecule has 1 unspecified atom stereocenters. The molecule has 1 atom stereocenters. The molecule has 6 rings (SSSR count). The van der Waals surface area contributed by atoms with E-state index in [0.29, 0.717) is 22.7 Å². The Morgan fingerprint density at radius 2 is 1.88 bits per heavy atom. The number of nitrogens with one attached hydrogen (secondary N) is 1. The fraction of sp³-hybridized carbons (Fsp3) is 0.231. The second-order valence-electron chi connectivity index (χ2n) is 8.70. The summed E-state index contributed by atoms with van der Waals surface area (Å²) in [5, 5.41) is 25.0. The van der Waals surface area contributed by atoms with E-state index in [4.69, 9.17) is 9.51 Å². The maximum absolute atomic E-state index is 12.5. The van der Waals surface area contributed by atoms with E-state index in [0.717, 1.165) is 52.3 Å². The first-order valence-electron chi connectivity index (χ1n) is 11.1. The lowest BCUT2D eigenvalue weighted by Crippen LogP contribution is -2.30. The lowest BCUT2D eigenvalue weighted by Gasteiger charge is -2.29. The number of aromatic nitrogens is 5. The van der Waals surface area contributed by atoms with Gasteiger partial charge in [-0.25, -0.2) is 4.98 Å². The Hall–Kier alpha value is -3.84. The second-order valence-corrected chi connectivity index (χ2v) is 8.70. The molecule has 2 N–H and O–H groups in total. The van der Waals surface area contributed by atoms with Crippen molar-refractivity contribution in [1.82, 2.24) is 25.3 Å². The van der Waals surface area contributed by atoms with Crippen LogP contribution in [0.1, 0.15) is 52.9 Å². The minimum absolute atomic E-state index is 0.435. The molecule has 7 heteroatoms. The standard InChI is InChI=1S/C26H23N5O2/c1-15-23(16(2)33-31-15)18-13-20(24-21(14-18)28-25(29-24)17-10-11-17)26(32,19-7-4-3-5-8-19)22-9-6-12-27-30-22/h3-9,12-14,17,32H,10-11H2,1-2H3,(H,28,29). The van der Waals surface area contributed by atoms with Crippen LogP contribution in [-0.2, 0) is 5.60 Å². The van der Waals surface area contributed by atoms with Gasteiger partial charge in [-0.3, -0.25) is 0 Å². The van der Waals surface area contributed by atoms with Crippen LogP contribution in [0, 0.1) is 13.8 Å². The molecule has 2 aromatic carbocycles. The summed E-state index contributed by atoms with van der Waals surface area (Å²) in [7, 11) is 0. The van der Waals surface area contributed by atoms with Crippen molar-refractivity contribution in [2.45, 2.75) is 38.2 Å². The number of fused-ring (bicyclic) bond motifs is 1. The molecule has 0 aliphatic heterocycles. The molecule has 1 fully saturated rings. The first kappa shape index (κ1) is 19.8. The Labute approximate surface area is 190 Å². The molecular formula is C26H23N5O2. The van der Waals surface area contributed by atoms with E-state index in [1.807, 2.05) is 50.2 Å². The molecule has 0 radical (unpaired) electrons. The zero-order valence-corrected chi connectivity index (χ0v) is 18.4. The largest absolute Gasteiger partial charge is 0.374 e. The van der Waals surface area contributed by atoms with E-state index in [9.17, 15) is 5.11 Å². The number of benzene rings is 2. The minimum atomic E-state index is -1.56. The van der Waals surface area contributed by atoms with E-state index >= 15 is 0 Å². The highest BCUT2D eigenvalue weighted by Gasteiger charge is 2.39. The average molecular weight is 438 g/mol. The number of hydrogen-bond donors (Lipinski definition) is 2. The van der Waals surface area contributed by atoms with Crippen molar-refractivity contribution in [2.24, 2.45) is 0 Å². The molecule has 164 valence electrons. The second kappa shape index (κ2) is 7.35. The van der Waals surface area contributed by atoms with Gasteiger partial charge in [0.1, 0.15) is 17.3 Å². The first-order valence-corrected chi connectivity index (χ1v) is 11.1. The highest BCUT2D eigenvalue weighted by Crippen LogP contribution is 2.44. The Balaban J connectivity index is 1.70. The molecule has 1 aliphatic rings. The molecule has 0 bridgehead atoms. The monoisotopic (exact) mass is 437 g/mol. The fourth-order valence-corrected chi connectivity index (χ4v) is 4.62. The SMILES string of the molecule is Cc1noc(C)c1-c1cc(C(O)(c2ccccc2)c2cccnn2)c2nc(C3CC3)[nH]c2c1. The van der Waals surface area contributed by atoms with Crippen LogP contribution in [0.25, 0.3) is 22.2 Å². The highest BCUT2D eigenvalue weighted by atomic mass is 16.5. The van der Waals surface area contributed by atoms with Crippen molar-refractivity contribution < 1.29 is 9.63 Å². The zero-order chi connectivity index (χ0) is 22.6. The molecule has 3 aromatic heterocycles. The Morgan fingerprint density at radius 3 is 2.55 bits per heavy atom. The summed E-state index contributed by atoms with van der Waals surface area (Å²) >= 11 is 0. The number of aryl methyl sites for hydroxylation is 2. The number of H-pyrrole nitrogens is 1. The van der Waals surface area contributed by atoms with E-state index in [1.165, 1.54) is 0 Å². The molecule has 33 heavy (non-hydrogen) atoms. The predicted octanol–water partition coefficient (Wildman–Crippen LogP) is 4.79. The molecule has 7 nitrogen and oxygen atoms in total. The van der Waals surface area contributed by atoms with E-state index in [1.54, 1.807) is 18.3 Å². The molecule has 0 spiro atoms. The fourth-order valence-electron chi connectivity index (χ4n) is 4.62. The van der Waals surface area contributed by atoms with Gasteiger partial charge in [-0.05, 0) is 62.1 Å². The minimum Gasteiger partial charge on any atom is -0.374 e. The van der Waals surface area contributed by atoms with Gasteiger partial charge in [0.25, 0.3) is 0 Å². The third-order valence-corrected chi connectivity index (χ3v) is 6.42. The van der Waals surface area contributed by atoms with Crippen molar-refractivity contribution in [2.75, 3.05) is 0 Å². The van der Waals surface area contributed by atoms with Gasteiger partial charge in [-0.15, -0.1) is 0 Å². The zero-order valence-electron chi connectivity index (χ0n) is 18.4. The first-order chi connectivity index (χ1) is 16.1. The molecule has 0 amide bonds. The van der Waals surface area contributed by atoms with Crippen LogP contribution in [-0.4, -0.2) is 30.4 Å². The van der Waals surface area contributed by atoms with Gasteiger partial charge in [0.15, 0.2) is 5.60 Å². The molecule has 3 heterocycles. The smallest absolute Gasteiger partial charge is 0.161 e. The molecular weight excluding hydrogens is 414 g/mol. The number of aromatic amines is 1. The van der Waals surface area contributed by atoms with Gasteiger partial charge in [-0.2, -0.15) is 10.2 Å². The van der Waals surface area contributed by atoms with Gasteiger partial charge in [0.2, 0.25) is 0 Å². The van der Waals surface area contributed by atoms with Crippen LogP contribution in [0.5, 0.6) is 0 Å². The maximum Gasteiger partial charge on any atom is 0.161 e. The van der Waals surface area contributed by atoms with Crippen molar-refractivity contribution in [3.8, 4) is 11.1 Å². The van der Waals surface area contributed by atoms with Gasteiger partial charge >= 0.3 is 0 Å². The summed E-state index contributed by atoms with van der Waals surface area (Å²) in [6, 6.07) is 17.2. The van der Waals surface area contributed by atoms with Gasteiger partial charge in [0, 0.05) is 23.2 Å². The summed E-state index contributed by atoms with van der Waals surface area (Å²) in [6.45, 7) is 3.82. The van der Waals surface area contributed by atoms with Crippen LogP contribution in [0.2, 0.25) is 0 Å². The van der Waals surface area contributed by atoms with Crippen LogP contribution >= 0.6 is 0 Å². The third kappa shape index (κ3) is 3.15. The predicted molar refractivity (Wildman–Crippen MR) is 124 cm³/mol. The molecule has 1 saturated carbocycles. The summed E-state index contributed by atoms with van der Waals surface area (Å²) in [5.74, 6) is 2.12. The van der Waals surface area contributed by atoms with E-state index in [2.05, 4.69) is 26.4 Å². The van der Waals surface area contributed by atoms with Crippen molar-refractivity contribution in [1.29, 1.82) is 0 Å². The van der Waals surface area contributed by atoms with Crippen LogP contribution in [0.4, 0.5) is 0 Å². The van der Waals surface area contributed by atoms with Crippen LogP contribution in [0.3, 0.4) is 0 Å². The van der Waals surface area contributed by atoms with Crippen molar-refractivity contribution >= 4 is 11.0 Å². The van der Waals surface area contributed by atoms with E-state index in [-0.39, 0.29) is 0 Å². The van der Waals surface area contributed by atoms with Crippen LogP contribution in [0.15, 0.2) is 65.3 Å². The normalized spacial score (nSPS) is 15.6. The van der Waals surface area contributed by atoms with Gasteiger partial charge < -0.3 is 14.6 Å². The number of rotatable bonds is 5. The van der Waals surface area contributed by atoms with Crippen LogP contribution < -0.4 is 0 Å². The molecule has 0 saturated heterocycles. The average Bonchev–Trinajstić information content (AvgIpc) is 3.53. The Morgan fingerprint density at radius 1 is 1.06 bits per heavy atom. The quantitative estimate of drug-likeness (QED) is 0.410. The Bertz CT molecular complexity index is 1390. The van der Waals surface area contributed by atoms with Crippen molar-refractivity contribution in [3.05, 3.63) is 94.9 Å². The number of nitrogens with zero attached hydrogens (tertiary/aromatic N) is 4.